The van der Waals surface area contributed by atoms with Crippen molar-refractivity contribution in [1.82, 2.24) is 4.31 Å². The van der Waals surface area contributed by atoms with Crippen molar-refractivity contribution in [2.75, 3.05) is 0 Å². The average molecular weight is 350 g/mol. The topological polar surface area (TPSA) is 37.4 Å². The number of nitrogens with zero attached hydrogens (tertiary/aromatic N) is 1. The van der Waals surface area contributed by atoms with Crippen LogP contribution in [-0.2, 0) is 10.0 Å². The Labute approximate surface area is 147 Å². The summed E-state index contributed by atoms with van der Waals surface area (Å²) in [6.45, 7) is 4.03. The number of hydrogen-bond acceptors (Lipinski definition) is 2. The van der Waals surface area contributed by atoms with Crippen LogP contribution in [0.15, 0.2) is 23.1 Å². The molecule has 2 aliphatic carbocycles. The first-order chi connectivity index (χ1) is 11.5. The van der Waals surface area contributed by atoms with Crippen LogP contribution in [0.2, 0.25) is 0 Å². The van der Waals surface area contributed by atoms with Crippen LogP contribution in [0.1, 0.15) is 75.3 Å². The fourth-order valence-corrected chi connectivity index (χ4v) is 6.37. The maximum absolute atomic E-state index is 13.5. The Morgan fingerprint density at radius 3 is 1.75 bits per heavy atom. The lowest BCUT2D eigenvalue weighted by Gasteiger charge is -2.40. The first kappa shape index (κ1) is 17.9. The molecule has 3 nitrogen and oxygen atoms in total. The zero-order valence-corrected chi connectivity index (χ0v) is 15.9. The second kappa shape index (κ2) is 7.57. The first-order valence-electron chi connectivity index (χ1n) is 9.61. The van der Waals surface area contributed by atoms with Gasteiger partial charge in [-0.05, 0) is 62.8 Å². The van der Waals surface area contributed by atoms with Crippen molar-refractivity contribution in [2.45, 2.75) is 95.0 Å². The Morgan fingerprint density at radius 2 is 1.29 bits per heavy atom. The van der Waals surface area contributed by atoms with Crippen LogP contribution >= 0.6 is 0 Å². The lowest BCUT2D eigenvalue weighted by atomic mass is 9.91. The number of aryl methyl sites for hydroxylation is 2. The molecular formula is C20H31NO2S. The fourth-order valence-electron chi connectivity index (χ4n) is 4.36. The van der Waals surface area contributed by atoms with E-state index in [9.17, 15) is 8.42 Å². The highest BCUT2D eigenvalue weighted by Gasteiger charge is 2.38. The van der Waals surface area contributed by atoms with Gasteiger partial charge in [-0.2, -0.15) is 4.31 Å². The minimum atomic E-state index is -3.41. The van der Waals surface area contributed by atoms with Gasteiger partial charge in [-0.1, -0.05) is 44.6 Å². The van der Waals surface area contributed by atoms with Crippen LogP contribution in [0.5, 0.6) is 0 Å². The molecule has 0 radical (unpaired) electrons. The summed E-state index contributed by atoms with van der Waals surface area (Å²) in [5.41, 5.74) is 2.21. The number of hydrogen-bond donors (Lipinski definition) is 0. The van der Waals surface area contributed by atoms with Gasteiger partial charge in [-0.25, -0.2) is 8.42 Å². The highest BCUT2D eigenvalue weighted by Crippen LogP contribution is 2.35. The van der Waals surface area contributed by atoms with E-state index in [1.54, 1.807) is 6.07 Å². The molecule has 0 bridgehead atoms. The van der Waals surface area contributed by atoms with Gasteiger partial charge in [-0.15, -0.1) is 0 Å². The summed E-state index contributed by atoms with van der Waals surface area (Å²) in [5.74, 6) is 0. The Morgan fingerprint density at radius 1 is 0.792 bits per heavy atom. The molecule has 1 aromatic carbocycles. The van der Waals surface area contributed by atoms with E-state index >= 15 is 0 Å². The first-order valence-corrected chi connectivity index (χ1v) is 11.0. The fraction of sp³-hybridized carbons (Fsp3) is 0.700. The minimum Gasteiger partial charge on any atom is -0.207 e. The summed E-state index contributed by atoms with van der Waals surface area (Å²) in [4.78, 5) is 0.488. The van der Waals surface area contributed by atoms with Gasteiger partial charge < -0.3 is 0 Å². The van der Waals surface area contributed by atoms with Gasteiger partial charge >= 0.3 is 0 Å². The van der Waals surface area contributed by atoms with Crippen LogP contribution in [0, 0.1) is 13.8 Å². The molecule has 24 heavy (non-hydrogen) atoms. The van der Waals surface area contributed by atoms with Crippen LogP contribution < -0.4 is 0 Å². The predicted octanol–water partition coefficient (Wildman–Crippen LogP) is 4.96. The van der Waals surface area contributed by atoms with Crippen molar-refractivity contribution >= 4 is 10.0 Å². The van der Waals surface area contributed by atoms with Crippen LogP contribution in [0.4, 0.5) is 0 Å². The summed E-state index contributed by atoms with van der Waals surface area (Å²) in [6, 6.07) is 6.02. The third-order valence-corrected chi connectivity index (χ3v) is 7.92. The number of benzene rings is 1. The molecule has 0 spiro atoms. The van der Waals surface area contributed by atoms with E-state index in [0.717, 1.165) is 62.5 Å². The lowest BCUT2D eigenvalue weighted by Crippen LogP contribution is -2.48. The second-order valence-electron chi connectivity index (χ2n) is 7.66. The quantitative estimate of drug-likeness (QED) is 0.770. The number of rotatable bonds is 4. The zero-order chi connectivity index (χ0) is 17.2. The second-order valence-corrected chi connectivity index (χ2v) is 9.51. The van der Waals surface area contributed by atoms with E-state index < -0.39 is 10.0 Å². The Kier molecular flexibility index (Phi) is 5.66. The van der Waals surface area contributed by atoms with Gasteiger partial charge in [-0.3, -0.25) is 0 Å². The molecule has 2 saturated carbocycles. The van der Waals surface area contributed by atoms with E-state index in [4.69, 9.17) is 0 Å². The summed E-state index contributed by atoms with van der Waals surface area (Å²) in [7, 11) is -3.41. The molecule has 0 N–H and O–H groups in total. The van der Waals surface area contributed by atoms with E-state index in [-0.39, 0.29) is 12.1 Å². The maximum atomic E-state index is 13.5. The predicted molar refractivity (Wildman–Crippen MR) is 98.7 cm³/mol. The van der Waals surface area contributed by atoms with E-state index in [1.165, 1.54) is 12.8 Å². The molecule has 134 valence electrons. The van der Waals surface area contributed by atoms with E-state index in [2.05, 4.69) is 0 Å². The lowest BCUT2D eigenvalue weighted by molar-refractivity contribution is 0.169. The Balaban J connectivity index is 1.96. The van der Waals surface area contributed by atoms with Gasteiger partial charge in [0.1, 0.15) is 0 Å². The maximum Gasteiger partial charge on any atom is 0.243 e. The normalized spacial score (nSPS) is 21.3. The van der Waals surface area contributed by atoms with Gasteiger partial charge in [0.15, 0.2) is 0 Å². The molecule has 0 aliphatic heterocycles. The van der Waals surface area contributed by atoms with Crippen molar-refractivity contribution in [2.24, 2.45) is 0 Å². The molecular weight excluding hydrogens is 318 g/mol. The zero-order valence-electron chi connectivity index (χ0n) is 15.1. The van der Waals surface area contributed by atoms with Crippen molar-refractivity contribution in [3.63, 3.8) is 0 Å². The molecule has 2 aliphatic rings. The molecule has 2 fully saturated rings. The van der Waals surface area contributed by atoms with Crippen molar-refractivity contribution in [3.05, 3.63) is 29.3 Å². The average Bonchev–Trinajstić information content (AvgIpc) is 2.59. The van der Waals surface area contributed by atoms with Crippen molar-refractivity contribution < 1.29 is 8.42 Å². The minimum absolute atomic E-state index is 0.202. The third kappa shape index (κ3) is 3.70. The summed E-state index contributed by atoms with van der Waals surface area (Å²) < 4.78 is 29.0. The molecule has 1 aromatic rings. The largest absolute Gasteiger partial charge is 0.243 e. The molecule has 0 amide bonds. The van der Waals surface area contributed by atoms with Crippen LogP contribution in [0.25, 0.3) is 0 Å². The van der Waals surface area contributed by atoms with E-state index in [1.807, 2.05) is 30.3 Å². The van der Waals surface area contributed by atoms with Crippen LogP contribution in [0.3, 0.4) is 0 Å². The van der Waals surface area contributed by atoms with E-state index in [0.29, 0.717) is 4.90 Å². The Bertz CT molecular complexity index is 638. The summed E-state index contributed by atoms with van der Waals surface area (Å²) in [6.07, 6.45) is 11.3. The van der Waals surface area contributed by atoms with Crippen LogP contribution in [-0.4, -0.2) is 24.8 Å². The number of sulfonamides is 1. The van der Waals surface area contributed by atoms with Gasteiger partial charge in [0.25, 0.3) is 0 Å². The SMILES string of the molecule is Cc1ccc(S(=O)(=O)N(C2CCCCC2)C2CCCCC2)cc1C. The summed E-state index contributed by atoms with van der Waals surface area (Å²) >= 11 is 0. The molecule has 0 heterocycles. The Hall–Kier alpha value is -0.870. The molecule has 0 aromatic heterocycles. The molecule has 3 rings (SSSR count). The molecule has 0 unspecified atom stereocenters. The van der Waals surface area contributed by atoms with Gasteiger partial charge in [0.2, 0.25) is 10.0 Å². The third-order valence-electron chi connectivity index (χ3n) is 5.92. The van der Waals surface area contributed by atoms with Crippen molar-refractivity contribution in [1.29, 1.82) is 0 Å². The highest BCUT2D eigenvalue weighted by molar-refractivity contribution is 7.89. The molecule has 4 heteroatoms. The molecule has 0 saturated heterocycles. The monoisotopic (exact) mass is 349 g/mol. The highest BCUT2D eigenvalue weighted by atomic mass is 32.2. The smallest absolute Gasteiger partial charge is 0.207 e. The van der Waals surface area contributed by atoms with Crippen molar-refractivity contribution in [3.8, 4) is 0 Å². The molecule has 0 atom stereocenters. The standard InChI is InChI=1S/C20H31NO2S/c1-16-13-14-20(15-17(16)2)24(22,23)21(18-9-5-3-6-10-18)19-11-7-4-8-12-19/h13-15,18-19H,3-12H2,1-2H3. The summed E-state index contributed by atoms with van der Waals surface area (Å²) in [5, 5.41) is 0. The van der Waals surface area contributed by atoms with Gasteiger partial charge in [0.05, 0.1) is 4.90 Å². The van der Waals surface area contributed by atoms with Gasteiger partial charge in [0, 0.05) is 12.1 Å².